The summed E-state index contributed by atoms with van der Waals surface area (Å²) in [7, 11) is 0. The van der Waals surface area contributed by atoms with Crippen LogP contribution in [-0.2, 0) is 5.92 Å². The molecule has 168 valence electrons. The van der Waals surface area contributed by atoms with Gasteiger partial charge in [0.15, 0.2) is 11.2 Å². The zero-order valence-electron chi connectivity index (χ0n) is 14.5. The summed E-state index contributed by atoms with van der Waals surface area (Å²) < 4.78 is 150. The van der Waals surface area contributed by atoms with Crippen molar-refractivity contribution < 1.29 is 52.7 Å². The summed E-state index contributed by atoms with van der Waals surface area (Å²) in [4.78, 5) is 12.2. The summed E-state index contributed by atoms with van der Waals surface area (Å²) in [5.74, 6) is -31.4. The Kier molecular flexibility index (Phi) is 4.83. The molecule has 0 unspecified atom stereocenters. The van der Waals surface area contributed by atoms with Gasteiger partial charge in [-0.15, -0.1) is 0 Å². The van der Waals surface area contributed by atoms with Crippen molar-refractivity contribution in [1.29, 1.82) is 0 Å². The Balaban J connectivity index is 2.23. The molecule has 0 N–H and O–H groups in total. The molecular formula is C18H7F11O2. The molecule has 0 aliphatic heterocycles. The maximum atomic E-state index is 14.2. The van der Waals surface area contributed by atoms with Crippen molar-refractivity contribution in [3.05, 3.63) is 58.4 Å². The van der Waals surface area contributed by atoms with E-state index in [1.807, 2.05) is 0 Å². The first-order chi connectivity index (χ1) is 14.0. The van der Waals surface area contributed by atoms with Crippen LogP contribution < -0.4 is 5.43 Å². The molecule has 0 saturated carbocycles. The van der Waals surface area contributed by atoms with Crippen molar-refractivity contribution >= 4 is 21.7 Å². The number of hydrogen-bond acceptors (Lipinski definition) is 2. The number of halogens is 11. The van der Waals surface area contributed by atoms with Crippen molar-refractivity contribution in [2.45, 2.75) is 29.9 Å². The second-order valence-corrected chi connectivity index (χ2v) is 6.43. The summed E-state index contributed by atoms with van der Waals surface area (Å²) in [5.41, 5.74) is -2.24. The molecule has 3 rings (SSSR count). The van der Waals surface area contributed by atoms with Crippen LogP contribution in [0.25, 0.3) is 21.7 Å². The molecule has 1 heterocycles. The van der Waals surface area contributed by atoms with Crippen molar-refractivity contribution in [2.75, 3.05) is 0 Å². The average molecular weight is 464 g/mol. The Morgan fingerprint density at radius 2 is 1.26 bits per heavy atom. The molecule has 13 heteroatoms. The monoisotopic (exact) mass is 464 g/mol. The van der Waals surface area contributed by atoms with Crippen LogP contribution in [0.3, 0.4) is 0 Å². The quantitative estimate of drug-likeness (QED) is 0.326. The smallest absolute Gasteiger partial charge is 0.454 e. The van der Waals surface area contributed by atoms with Gasteiger partial charge in [0.25, 0.3) is 0 Å². The molecule has 0 atom stereocenters. The lowest BCUT2D eigenvalue weighted by Gasteiger charge is -2.36. The highest BCUT2D eigenvalue weighted by molar-refractivity contribution is 6.05. The molecule has 0 fully saturated rings. The topological polar surface area (TPSA) is 30.2 Å². The zero-order chi connectivity index (χ0) is 23.6. The fourth-order valence-corrected chi connectivity index (χ4v) is 2.81. The van der Waals surface area contributed by atoms with E-state index in [1.165, 1.54) is 30.3 Å². The highest BCUT2D eigenvalue weighted by Gasteiger charge is 2.87. The van der Waals surface area contributed by atoms with Crippen LogP contribution in [-0.4, -0.2) is 23.9 Å². The van der Waals surface area contributed by atoms with Crippen LogP contribution in [0, 0.1) is 0 Å². The van der Waals surface area contributed by atoms with Gasteiger partial charge in [0.1, 0.15) is 5.58 Å². The fraction of sp³-hybridized carbons (Fsp3) is 0.278. The van der Waals surface area contributed by atoms with E-state index in [-0.39, 0.29) is 11.5 Å². The molecule has 0 amide bonds. The Labute approximate surface area is 163 Å². The van der Waals surface area contributed by atoms with Crippen LogP contribution in [0.5, 0.6) is 0 Å². The molecule has 2 nitrogen and oxygen atoms in total. The van der Waals surface area contributed by atoms with Gasteiger partial charge in [-0.2, -0.15) is 48.3 Å². The molecule has 2 aromatic carbocycles. The Hall–Kier alpha value is -2.86. The number of fused-ring (bicyclic) bond motifs is 3. The van der Waals surface area contributed by atoms with Gasteiger partial charge < -0.3 is 4.42 Å². The molecule has 0 bridgehead atoms. The predicted octanol–water partition coefficient (Wildman–Crippen LogP) is 6.51. The molecule has 31 heavy (non-hydrogen) atoms. The van der Waals surface area contributed by atoms with E-state index in [1.54, 1.807) is 0 Å². The van der Waals surface area contributed by atoms with Crippen molar-refractivity contribution in [3.8, 4) is 0 Å². The van der Waals surface area contributed by atoms with E-state index >= 15 is 0 Å². The minimum Gasteiger partial charge on any atom is -0.454 e. The lowest BCUT2D eigenvalue weighted by molar-refractivity contribution is -0.426. The first-order valence-corrected chi connectivity index (χ1v) is 8.01. The van der Waals surface area contributed by atoms with E-state index < -0.39 is 52.0 Å². The Bertz CT molecular complexity index is 1210. The Morgan fingerprint density at radius 3 is 1.84 bits per heavy atom. The molecule has 0 saturated heterocycles. The van der Waals surface area contributed by atoms with Crippen LogP contribution in [0.2, 0.25) is 0 Å². The summed E-state index contributed by atoms with van der Waals surface area (Å²) in [6.45, 7) is 0. The minimum absolute atomic E-state index is 0.101. The van der Waals surface area contributed by atoms with Crippen LogP contribution in [0.1, 0.15) is 5.76 Å². The number of rotatable bonds is 4. The molecular weight excluding hydrogens is 457 g/mol. The summed E-state index contributed by atoms with van der Waals surface area (Å²) in [6.07, 6.45) is -7.28. The van der Waals surface area contributed by atoms with Gasteiger partial charge in [-0.05, 0) is 16.8 Å². The molecule has 3 aromatic rings. The SMILES string of the molecule is O=c1cc(C(F)(F)C(F)(F)C(F)(F)C(F)(F)C(F)(F)F)oc2ccc3ccccc3c12. The largest absolute Gasteiger partial charge is 0.460 e. The van der Waals surface area contributed by atoms with Gasteiger partial charge in [-0.3, -0.25) is 4.79 Å². The highest BCUT2D eigenvalue weighted by Crippen LogP contribution is 2.59. The van der Waals surface area contributed by atoms with E-state index in [9.17, 15) is 53.1 Å². The number of alkyl halides is 11. The second-order valence-electron chi connectivity index (χ2n) is 6.43. The standard InChI is InChI=1S/C18H7F11O2/c19-14(20,15(21,22)16(23,24)17(25,26)18(27,28)29)12-7-10(30)13-9-4-2-1-3-8(9)5-6-11(13)31-12/h1-7H. The van der Waals surface area contributed by atoms with Crippen LogP contribution >= 0.6 is 0 Å². The van der Waals surface area contributed by atoms with E-state index in [0.29, 0.717) is 5.39 Å². The zero-order valence-corrected chi connectivity index (χ0v) is 14.5. The molecule has 0 radical (unpaired) electrons. The van der Waals surface area contributed by atoms with Gasteiger partial charge in [0, 0.05) is 6.07 Å². The maximum absolute atomic E-state index is 14.2. The summed E-state index contributed by atoms with van der Waals surface area (Å²) in [5, 5.41) is 0.0566. The molecule has 0 aliphatic rings. The highest BCUT2D eigenvalue weighted by atomic mass is 19.4. The number of benzene rings is 2. The first kappa shape index (κ1) is 22.8. The van der Waals surface area contributed by atoms with E-state index in [2.05, 4.69) is 4.42 Å². The van der Waals surface area contributed by atoms with Crippen molar-refractivity contribution in [1.82, 2.24) is 0 Å². The first-order valence-electron chi connectivity index (χ1n) is 8.01. The van der Waals surface area contributed by atoms with Gasteiger partial charge in [-0.1, -0.05) is 30.3 Å². The summed E-state index contributed by atoms with van der Waals surface area (Å²) >= 11 is 0. The van der Waals surface area contributed by atoms with Crippen LogP contribution in [0.4, 0.5) is 48.3 Å². The second kappa shape index (κ2) is 6.57. The molecule has 1 aromatic heterocycles. The van der Waals surface area contributed by atoms with Crippen LogP contribution in [0.15, 0.2) is 51.7 Å². The third-order valence-electron chi connectivity index (χ3n) is 4.47. The summed E-state index contributed by atoms with van der Waals surface area (Å²) in [6, 6.07) is 7.42. The van der Waals surface area contributed by atoms with Crippen molar-refractivity contribution in [3.63, 3.8) is 0 Å². The third-order valence-corrected chi connectivity index (χ3v) is 4.47. The lowest BCUT2D eigenvalue weighted by Crippen LogP contribution is -2.65. The van der Waals surface area contributed by atoms with Gasteiger partial charge in [-0.25, -0.2) is 0 Å². The third kappa shape index (κ3) is 3.04. The van der Waals surface area contributed by atoms with Gasteiger partial charge in [0.05, 0.1) is 5.39 Å². The molecule has 0 spiro atoms. The fourth-order valence-electron chi connectivity index (χ4n) is 2.81. The number of hydrogen-bond donors (Lipinski definition) is 0. The van der Waals surface area contributed by atoms with Crippen molar-refractivity contribution in [2.24, 2.45) is 0 Å². The van der Waals surface area contributed by atoms with Gasteiger partial charge >= 0.3 is 29.9 Å². The molecule has 0 aliphatic carbocycles. The predicted molar refractivity (Wildman–Crippen MR) is 84.8 cm³/mol. The van der Waals surface area contributed by atoms with E-state index in [4.69, 9.17) is 0 Å². The average Bonchev–Trinajstić information content (AvgIpc) is 2.66. The maximum Gasteiger partial charge on any atom is 0.460 e. The normalized spacial score (nSPS) is 14.4. The van der Waals surface area contributed by atoms with Gasteiger partial charge in [0.2, 0.25) is 0 Å². The minimum atomic E-state index is -7.60. The lowest BCUT2D eigenvalue weighted by atomic mass is 9.96. The van der Waals surface area contributed by atoms with E-state index in [0.717, 1.165) is 6.07 Å². The Morgan fingerprint density at radius 1 is 0.677 bits per heavy atom.